The Bertz CT molecular complexity index is 1110. The van der Waals surface area contributed by atoms with Gasteiger partial charge in [0.15, 0.2) is 0 Å². The third-order valence-corrected chi connectivity index (χ3v) is 6.90. The maximum atomic E-state index is 13.3. The molecule has 2 aliphatic rings. The molecule has 0 unspecified atom stereocenters. The molecule has 0 atom stereocenters. The fourth-order valence-corrected chi connectivity index (χ4v) is 4.92. The second-order valence-corrected chi connectivity index (χ2v) is 9.43. The van der Waals surface area contributed by atoms with Gasteiger partial charge in [0.2, 0.25) is 0 Å². The van der Waals surface area contributed by atoms with Crippen molar-refractivity contribution >= 4 is 23.5 Å². The van der Waals surface area contributed by atoms with Gasteiger partial charge in [-0.15, -0.1) is 0 Å². The van der Waals surface area contributed by atoms with Crippen LogP contribution in [0.15, 0.2) is 18.2 Å². The van der Waals surface area contributed by atoms with Crippen LogP contribution in [0.2, 0.25) is 5.02 Å². The lowest BCUT2D eigenvalue weighted by Crippen LogP contribution is -2.40. The number of aromatic nitrogens is 2. The van der Waals surface area contributed by atoms with E-state index >= 15 is 0 Å². The number of hydrogen-bond donors (Lipinski definition) is 1. The van der Waals surface area contributed by atoms with Crippen LogP contribution in [0.3, 0.4) is 0 Å². The van der Waals surface area contributed by atoms with Crippen LogP contribution in [-0.4, -0.2) is 48.0 Å². The Morgan fingerprint density at radius 2 is 2.06 bits per heavy atom. The summed E-state index contributed by atoms with van der Waals surface area (Å²) in [6, 6.07) is 2.80. The van der Waals surface area contributed by atoms with Gasteiger partial charge in [0, 0.05) is 37.7 Å². The summed E-state index contributed by atoms with van der Waals surface area (Å²) in [6.07, 6.45) is -1.46. The predicted molar refractivity (Wildman–Crippen MR) is 121 cm³/mol. The van der Waals surface area contributed by atoms with E-state index in [9.17, 15) is 22.8 Å². The van der Waals surface area contributed by atoms with E-state index in [1.165, 1.54) is 0 Å². The maximum absolute atomic E-state index is 13.3. The molecule has 4 rings (SSSR count). The highest BCUT2D eigenvalue weighted by Gasteiger charge is 2.40. The Balaban J connectivity index is 1.47. The molecule has 1 N–H and O–H groups in total. The van der Waals surface area contributed by atoms with Gasteiger partial charge in [-0.1, -0.05) is 18.5 Å². The molecule has 1 amide bonds. The van der Waals surface area contributed by atoms with Gasteiger partial charge in [0.25, 0.3) is 5.91 Å². The standard InChI is InChI=1S/C24H27ClF3N3O4/c1-2-18-20-19(13-23(14-29-21(20)32)6-10-34-11-7-23)31(30-18)8-3-9-35-22(33)16-12-15(25)4-5-17(16)24(26,27)28/h4-5,12H,2-3,6-11,13-14H2,1H3,(H,29,32). The number of amides is 1. The van der Waals surface area contributed by atoms with E-state index in [1.807, 2.05) is 6.92 Å². The molecule has 0 bridgehead atoms. The summed E-state index contributed by atoms with van der Waals surface area (Å²) >= 11 is 5.80. The van der Waals surface area contributed by atoms with Gasteiger partial charge in [-0.2, -0.15) is 18.3 Å². The summed E-state index contributed by atoms with van der Waals surface area (Å²) in [6.45, 7) is 4.03. The van der Waals surface area contributed by atoms with Gasteiger partial charge in [0.05, 0.1) is 34.7 Å². The van der Waals surface area contributed by atoms with Gasteiger partial charge in [-0.25, -0.2) is 4.79 Å². The second-order valence-electron chi connectivity index (χ2n) is 8.99. The van der Waals surface area contributed by atoms with Crippen LogP contribution in [0.25, 0.3) is 0 Å². The molecule has 7 nitrogen and oxygen atoms in total. The number of carbonyl (C=O) groups is 2. The number of rotatable bonds is 6. The number of hydrogen-bond acceptors (Lipinski definition) is 5. The summed E-state index contributed by atoms with van der Waals surface area (Å²) in [4.78, 5) is 25.3. The van der Waals surface area contributed by atoms with Crippen molar-refractivity contribution in [1.29, 1.82) is 0 Å². The number of fused-ring (bicyclic) bond motifs is 1. The van der Waals surface area contributed by atoms with Gasteiger partial charge in [-0.3, -0.25) is 9.48 Å². The van der Waals surface area contributed by atoms with Crippen LogP contribution < -0.4 is 5.32 Å². The van der Waals surface area contributed by atoms with Gasteiger partial charge in [-0.05, 0) is 49.3 Å². The van der Waals surface area contributed by atoms with Crippen LogP contribution in [0.4, 0.5) is 13.2 Å². The van der Waals surface area contributed by atoms with Crippen molar-refractivity contribution in [2.24, 2.45) is 5.41 Å². The zero-order chi connectivity index (χ0) is 25.2. The van der Waals surface area contributed by atoms with E-state index < -0.39 is 23.3 Å². The number of halogens is 4. The van der Waals surface area contributed by atoms with Crippen molar-refractivity contribution < 1.29 is 32.2 Å². The molecule has 190 valence electrons. The first-order valence-corrected chi connectivity index (χ1v) is 12.0. The van der Waals surface area contributed by atoms with Gasteiger partial charge in [0.1, 0.15) is 0 Å². The maximum Gasteiger partial charge on any atom is 0.417 e. The van der Waals surface area contributed by atoms with Crippen molar-refractivity contribution in [3.05, 3.63) is 51.3 Å². The molecule has 11 heteroatoms. The Morgan fingerprint density at radius 3 is 2.74 bits per heavy atom. The fraction of sp³-hybridized carbons (Fsp3) is 0.542. The molecule has 1 saturated heterocycles. The largest absolute Gasteiger partial charge is 0.462 e. The monoisotopic (exact) mass is 513 g/mol. The van der Waals surface area contributed by atoms with Crippen LogP contribution >= 0.6 is 11.6 Å². The molecule has 1 aromatic heterocycles. The minimum absolute atomic E-state index is 0.0107. The molecule has 0 aliphatic carbocycles. The molecule has 2 aliphatic heterocycles. The molecular weight excluding hydrogens is 487 g/mol. The number of nitrogens with zero attached hydrogens (tertiary/aromatic N) is 2. The van der Waals surface area contributed by atoms with Crippen molar-refractivity contribution in [1.82, 2.24) is 15.1 Å². The van der Waals surface area contributed by atoms with Crippen LogP contribution in [0.1, 0.15) is 63.9 Å². The lowest BCUT2D eigenvalue weighted by molar-refractivity contribution is -0.138. The highest BCUT2D eigenvalue weighted by Crippen LogP contribution is 2.37. The lowest BCUT2D eigenvalue weighted by atomic mass is 9.76. The number of benzene rings is 1. The smallest absolute Gasteiger partial charge is 0.417 e. The average Bonchev–Trinajstić information content (AvgIpc) is 3.10. The molecule has 1 fully saturated rings. The quantitative estimate of drug-likeness (QED) is 0.456. The first-order valence-electron chi connectivity index (χ1n) is 11.6. The highest BCUT2D eigenvalue weighted by molar-refractivity contribution is 6.31. The Kier molecular flexibility index (Phi) is 7.42. The predicted octanol–water partition coefficient (Wildman–Crippen LogP) is 4.45. The molecule has 1 aromatic carbocycles. The molecule has 3 heterocycles. The van der Waals surface area contributed by atoms with Crippen LogP contribution in [-0.2, 0) is 35.0 Å². The number of ether oxygens (including phenoxy) is 2. The molecule has 0 saturated carbocycles. The Labute approximate surface area is 205 Å². The van der Waals surface area contributed by atoms with Gasteiger partial charge < -0.3 is 14.8 Å². The molecular formula is C24H27ClF3N3O4. The van der Waals surface area contributed by atoms with Crippen molar-refractivity contribution in [3.8, 4) is 0 Å². The summed E-state index contributed by atoms with van der Waals surface area (Å²) < 4.78 is 52.2. The third kappa shape index (κ3) is 5.48. The van der Waals surface area contributed by atoms with Crippen molar-refractivity contribution in [2.45, 2.75) is 51.7 Å². The minimum atomic E-state index is -4.71. The summed E-state index contributed by atoms with van der Waals surface area (Å²) in [5.74, 6) is -1.23. The zero-order valence-electron chi connectivity index (χ0n) is 19.3. The van der Waals surface area contributed by atoms with Crippen molar-refractivity contribution in [2.75, 3.05) is 26.4 Å². The third-order valence-electron chi connectivity index (χ3n) is 6.67. The second kappa shape index (κ2) is 10.2. The molecule has 0 radical (unpaired) electrons. The first-order chi connectivity index (χ1) is 16.6. The number of nitrogens with one attached hydrogen (secondary N) is 1. The van der Waals surface area contributed by atoms with E-state index in [1.54, 1.807) is 4.68 Å². The Hall–Kier alpha value is -2.59. The normalized spacial score (nSPS) is 17.6. The number of aryl methyl sites for hydroxylation is 2. The molecule has 1 spiro atoms. The van der Waals surface area contributed by atoms with E-state index in [0.29, 0.717) is 56.8 Å². The molecule has 35 heavy (non-hydrogen) atoms. The Morgan fingerprint density at radius 1 is 1.31 bits per heavy atom. The van der Waals surface area contributed by atoms with E-state index in [2.05, 4.69) is 10.4 Å². The van der Waals surface area contributed by atoms with E-state index in [0.717, 1.165) is 36.7 Å². The van der Waals surface area contributed by atoms with E-state index in [4.69, 9.17) is 21.1 Å². The van der Waals surface area contributed by atoms with Gasteiger partial charge >= 0.3 is 12.1 Å². The average molecular weight is 514 g/mol. The number of esters is 1. The van der Waals surface area contributed by atoms with E-state index in [-0.39, 0.29) is 23.0 Å². The zero-order valence-corrected chi connectivity index (χ0v) is 20.1. The summed E-state index contributed by atoms with van der Waals surface area (Å²) in [7, 11) is 0. The fourth-order valence-electron chi connectivity index (χ4n) is 4.75. The van der Waals surface area contributed by atoms with Crippen molar-refractivity contribution in [3.63, 3.8) is 0 Å². The number of alkyl halides is 3. The molecule has 2 aromatic rings. The highest BCUT2D eigenvalue weighted by atomic mass is 35.5. The minimum Gasteiger partial charge on any atom is -0.462 e. The number of carbonyl (C=O) groups excluding carboxylic acids is 2. The summed E-state index contributed by atoms with van der Waals surface area (Å²) in [5, 5.41) is 7.69. The first kappa shape index (κ1) is 25.5. The topological polar surface area (TPSA) is 82.5 Å². The van der Waals surface area contributed by atoms with Crippen LogP contribution in [0.5, 0.6) is 0 Å². The summed E-state index contributed by atoms with van der Waals surface area (Å²) in [5.41, 5.74) is 0.330. The SMILES string of the molecule is CCc1nn(CCCOC(=O)c2cc(Cl)ccc2C(F)(F)F)c2c1C(=O)NCC1(CCOCC1)C2. The van der Waals surface area contributed by atoms with Crippen LogP contribution in [0, 0.1) is 5.41 Å². The lowest BCUT2D eigenvalue weighted by Gasteiger charge is -2.36.